The molecule has 0 saturated carbocycles. The normalized spacial score (nSPS) is 12.6. The van der Waals surface area contributed by atoms with Crippen molar-refractivity contribution in [3.05, 3.63) is 33.5 Å². The minimum atomic E-state index is -0.383. The highest BCUT2D eigenvalue weighted by molar-refractivity contribution is 5.74. The van der Waals surface area contributed by atoms with E-state index in [0.29, 0.717) is 23.7 Å². The van der Waals surface area contributed by atoms with Crippen molar-refractivity contribution in [2.75, 3.05) is 5.32 Å². The van der Waals surface area contributed by atoms with Crippen LogP contribution in [0, 0.1) is 0 Å². The fourth-order valence-electron chi connectivity index (χ4n) is 2.19. The molecule has 0 unspecified atom stereocenters. The average molecular weight is 291 g/mol. The fourth-order valence-corrected chi connectivity index (χ4v) is 2.19. The van der Waals surface area contributed by atoms with Crippen LogP contribution in [0.1, 0.15) is 20.3 Å². The maximum Gasteiger partial charge on any atom is 0.332 e. The predicted octanol–water partition coefficient (Wildman–Crippen LogP) is 0.830. The van der Waals surface area contributed by atoms with Crippen LogP contribution < -0.4 is 16.6 Å². The summed E-state index contributed by atoms with van der Waals surface area (Å²) in [5.74, 6) is 0.581. The molecule has 0 spiro atoms. The summed E-state index contributed by atoms with van der Waals surface area (Å²) in [6.45, 7) is 8.27. The highest BCUT2D eigenvalue weighted by atomic mass is 16.2. The maximum absolute atomic E-state index is 12.4. The van der Waals surface area contributed by atoms with Crippen LogP contribution >= 0.6 is 0 Å². The van der Waals surface area contributed by atoms with Gasteiger partial charge < -0.3 is 9.88 Å². The van der Waals surface area contributed by atoms with Crippen LogP contribution in [0.3, 0.4) is 0 Å². The van der Waals surface area contributed by atoms with Gasteiger partial charge in [0, 0.05) is 26.7 Å². The molecule has 114 valence electrons. The monoisotopic (exact) mass is 291 g/mol. The number of imidazole rings is 1. The zero-order valence-electron chi connectivity index (χ0n) is 12.9. The standard InChI is InChI=1S/C14H21N5O2/c1-6-8-19-10-11(16-13(19)15-9(3)7-2)17(4)14(21)18(5)12(10)20/h6,9H,1,7-8H2,2-5H3,(H,15,16)/t9-/m0/s1. The Morgan fingerprint density at radius 1 is 1.33 bits per heavy atom. The summed E-state index contributed by atoms with van der Waals surface area (Å²) in [4.78, 5) is 28.8. The Labute approximate surface area is 122 Å². The number of fused-ring (bicyclic) bond motifs is 1. The number of anilines is 1. The number of allylic oxidation sites excluding steroid dienone is 1. The predicted molar refractivity (Wildman–Crippen MR) is 83.8 cm³/mol. The molecule has 0 aromatic carbocycles. The number of aromatic nitrogens is 4. The summed E-state index contributed by atoms with van der Waals surface area (Å²) < 4.78 is 4.24. The molecule has 0 radical (unpaired) electrons. The first-order chi connectivity index (χ1) is 9.92. The zero-order valence-corrected chi connectivity index (χ0v) is 12.9. The molecule has 0 bridgehead atoms. The molecule has 1 atom stereocenters. The Morgan fingerprint density at radius 3 is 2.57 bits per heavy atom. The van der Waals surface area contributed by atoms with Crippen LogP contribution in [-0.2, 0) is 20.6 Å². The quantitative estimate of drug-likeness (QED) is 0.828. The number of hydrogen-bond donors (Lipinski definition) is 1. The lowest BCUT2D eigenvalue weighted by molar-refractivity contribution is 0.702. The van der Waals surface area contributed by atoms with Crippen molar-refractivity contribution in [2.45, 2.75) is 32.9 Å². The molecule has 0 saturated heterocycles. The van der Waals surface area contributed by atoms with Gasteiger partial charge in [-0.3, -0.25) is 13.9 Å². The second kappa shape index (κ2) is 5.59. The fraction of sp³-hybridized carbons (Fsp3) is 0.500. The van der Waals surface area contributed by atoms with Gasteiger partial charge in [-0.05, 0) is 13.3 Å². The van der Waals surface area contributed by atoms with Gasteiger partial charge in [0.1, 0.15) is 0 Å². The molecule has 0 aliphatic rings. The minimum absolute atomic E-state index is 0.214. The van der Waals surface area contributed by atoms with Crippen LogP contribution in [0.25, 0.3) is 11.2 Å². The molecule has 2 heterocycles. The van der Waals surface area contributed by atoms with Crippen molar-refractivity contribution in [1.29, 1.82) is 0 Å². The van der Waals surface area contributed by atoms with Gasteiger partial charge in [0.05, 0.1) is 0 Å². The van der Waals surface area contributed by atoms with Gasteiger partial charge in [-0.2, -0.15) is 4.98 Å². The highest BCUT2D eigenvalue weighted by Crippen LogP contribution is 2.16. The number of nitrogens with one attached hydrogen (secondary N) is 1. The summed E-state index contributed by atoms with van der Waals surface area (Å²) >= 11 is 0. The average Bonchev–Trinajstić information content (AvgIpc) is 2.82. The van der Waals surface area contributed by atoms with E-state index in [1.807, 2.05) is 6.92 Å². The molecule has 1 N–H and O–H groups in total. The van der Waals surface area contributed by atoms with E-state index in [1.165, 1.54) is 11.6 Å². The van der Waals surface area contributed by atoms with Crippen LogP contribution in [0.15, 0.2) is 22.2 Å². The van der Waals surface area contributed by atoms with Gasteiger partial charge in [-0.1, -0.05) is 13.0 Å². The first kappa shape index (κ1) is 15.1. The molecule has 0 aliphatic heterocycles. The van der Waals surface area contributed by atoms with Crippen molar-refractivity contribution in [1.82, 2.24) is 18.7 Å². The van der Waals surface area contributed by atoms with Crippen LogP contribution in [0.2, 0.25) is 0 Å². The SMILES string of the molecule is C=CCn1c(N[C@@H](C)CC)nc2c1c(=O)n(C)c(=O)n2C. The maximum atomic E-state index is 12.4. The summed E-state index contributed by atoms with van der Waals surface area (Å²) in [7, 11) is 3.08. The van der Waals surface area contributed by atoms with E-state index >= 15 is 0 Å². The van der Waals surface area contributed by atoms with Gasteiger partial charge in [0.15, 0.2) is 11.2 Å². The lowest BCUT2D eigenvalue weighted by Crippen LogP contribution is -2.37. The molecule has 0 fully saturated rings. The first-order valence-electron chi connectivity index (χ1n) is 6.96. The van der Waals surface area contributed by atoms with Crippen molar-refractivity contribution >= 4 is 17.1 Å². The summed E-state index contributed by atoms with van der Waals surface area (Å²) in [6.07, 6.45) is 2.63. The highest BCUT2D eigenvalue weighted by Gasteiger charge is 2.18. The molecular weight excluding hydrogens is 270 g/mol. The van der Waals surface area contributed by atoms with E-state index in [-0.39, 0.29) is 17.3 Å². The van der Waals surface area contributed by atoms with Crippen molar-refractivity contribution in [3.8, 4) is 0 Å². The molecule has 7 nitrogen and oxygen atoms in total. The minimum Gasteiger partial charge on any atom is -0.353 e. The first-order valence-corrected chi connectivity index (χ1v) is 6.96. The van der Waals surface area contributed by atoms with Gasteiger partial charge in [-0.25, -0.2) is 4.79 Å². The van der Waals surface area contributed by atoms with Crippen molar-refractivity contribution in [2.24, 2.45) is 14.1 Å². The van der Waals surface area contributed by atoms with Gasteiger partial charge >= 0.3 is 5.69 Å². The van der Waals surface area contributed by atoms with Gasteiger partial charge in [0.25, 0.3) is 5.56 Å². The Morgan fingerprint density at radius 2 is 2.00 bits per heavy atom. The van der Waals surface area contributed by atoms with E-state index < -0.39 is 0 Å². The van der Waals surface area contributed by atoms with E-state index in [9.17, 15) is 9.59 Å². The molecule has 2 aromatic rings. The number of rotatable bonds is 5. The lowest BCUT2D eigenvalue weighted by Gasteiger charge is -2.13. The van der Waals surface area contributed by atoms with E-state index in [2.05, 4.69) is 23.8 Å². The third-order valence-electron chi connectivity index (χ3n) is 3.65. The third-order valence-corrected chi connectivity index (χ3v) is 3.65. The van der Waals surface area contributed by atoms with Crippen molar-refractivity contribution in [3.63, 3.8) is 0 Å². The molecule has 2 aromatic heterocycles. The second-order valence-corrected chi connectivity index (χ2v) is 5.17. The number of hydrogen-bond acceptors (Lipinski definition) is 4. The summed E-state index contributed by atoms with van der Waals surface area (Å²) in [5, 5.41) is 3.27. The van der Waals surface area contributed by atoms with E-state index in [1.54, 1.807) is 17.7 Å². The smallest absolute Gasteiger partial charge is 0.332 e. The molecule has 21 heavy (non-hydrogen) atoms. The van der Waals surface area contributed by atoms with Crippen LogP contribution in [0.5, 0.6) is 0 Å². The number of aryl methyl sites for hydroxylation is 1. The Bertz CT molecular complexity index is 796. The third kappa shape index (κ3) is 2.39. The van der Waals surface area contributed by atoms with Gasteiger partial charge in [0.2, 0.25) is 5.95 Å². The summed E-state index contributed by atoms with van der Waals surface area (Å²) in [6, 6.07) is 0.214. The molecule has 2 rings (SSSR count). The second-order valence-electron chi connectivity index (χ2n) is 5.17. The molecule has 0 amide bonds. The van der Waals surface area contributed by atoms with Crippen LogP contribution in [0.4, 0.5) is 5.95 Å². The van der Waals surface area contributed by atoms with E-state index in [0.717, 1.165) is 11.0 Å². The zero-order chi connectivity index (χ0) is 15.7. The van der Waals surface area contributed by atoms with Gasteiger partial charge in [-0.15, -0.1) is 6.58 Å². The molecule has 0 aliphatic carbocycles. The molecular formula is C14H21N5O2. The Balaban J connectivity index is 2.83. The van der Waals surface area contributed by atoms with E-state index in [4.69, 9.17) is 0 Å². The largest absolute Gasteiger partial charge is 0.353 e. The van der Waals surface area contributed by atoms with Crippen LogP contribution in [-0.4, -0.2) is 24.7 Å². The summed E-state index contributed by atoms with van der Waals surface area (Å²) in [5.41, 5.74) is 0.0616. The Kier molecular flexibility index (Phi) is 4.02. The van der Waals surface area contributed by atoms with Crippen molar-refractivity contribution < 1.29 is 0 Å². The topological polar surface area (TPSA) is 73.8 Å². The number of nitrogens with zero attached hydrogens (tertiary/aromatic N) is 4. The Hall–Kier alpha value is -2.31. The lowest BCUT2D eigenvalue weighted by atomic mass is 10.3. The molecule has 7 heteroatoms.